The van der Waals surface area contributed by atoms with Gasteiger partial charge >= 0.3 is 16.4 Å². The van der Waals surface area contributed by atoms with Crippen LogP contribution in [0.2, 0.25) is 0 Å². The van der Waals surface area contributed by atoms with Crippen molar-refractivity contribution in [2.45, 2.75) is 17.2 Å². The molecule has 1 unspecified atom stereocenters. The highest BCUT2D eigenvalue weighted by atomic mass is 32.5. The highest BCUT2D eigenvalue weighted by molar-refractivity contribution is 8.45. The summed E-state index contributed by atoms with van der Waals surface area (Å²) < 4.78 is 107. The van der Waals surface area contributed by atoms with Crippen molar-refractivity contribution in [2.75, 3.05) is 0 Å². The van der Waals surface area contributed by atoms with Crippen molar-refractivity contribution in [3.05, 3.63) is 41.7 Å². The molecule has 0 aromatic heterocycles. The van der Waals surface area contributed by atoms with Crippen molar-refractivity contribution in [3.63, 3.8) is 0 Å². The molecule has 0 aliphatic carbocycles. The smallest absolute Gasteiger partial charge is 0.429 e. The van der Waals surface area contributed by atoms with Crippen LogP contribution in [0.3, 0.4) is 0 Å². The van der Waals surface area contributed by atoms with Gasteiger partial charge in [0.25, 0.3) is 0 Å². The molecule has 1 atom stereocenters. The second-order valence-electron chi connectivity index (χ2n) is 4.75. The summed E-state index contributed by atoms with van der Waals surface area (Å²) in [5.74, 6) is -1.78. The molecule has 130 valence electrons. The molecule has 0 fully saturated rings. The summed E-state index contributed by atoms with van der Waals surface area (Å²) in [4.78, 5) is -2.28. The Hall–Kier alpha value is -1.91. The first-order valence-corrected chi connectivity index (χ1v) is 7.65. The summed E-state index contributed by atoms with van der Waals surface area (Å²) in [6.45, 7) is 2.86. The van der Waals surface area contributed by atoms with Crippen molar-refractivity contribution < 1.29 is 42.4 Å². The van der Waals surface area contributed by atoms with E-state index in [1.165, 1.54) is 0 Å². The fraction of sp³-hybridized carbons (Fsp3) is 0.167. The number of hydrogen-bond acceptors (Lipinski definition) is 2. The number of rotatable bonds is 2. The van der Waals surface area contributed by atoms with Crippen LogP contribution in [0.25, 0.3) is 6.08 Å². The summed E-state index contributed by atoms with van der Waals surface area (Å²) in [5, 5.41) is 9.16. The fourth-order valence-corrected chi connectivity index (χ4v) is 2.57. The summed E-state index contributed by atoms with van der Waals surface area (Å²) >= 11 is 0. The topological polar surface area (TPSA) is 29.5 Å². The van der Waals surface area contributed by atoms with Crippen molar-refractivity contribution in [1.29, 1.82) is 0 Å². The second-order valence-corrected chi connectivity index (χ2v) is 7.16. The Balaban J connectivity index is 2.63. The van der Waals surface area contributed by atoms with Gasteiger partial charge in [0.1, 0.15) is 16.4 Å². The average molecular weight is 368 g/mol. The molecule has 0 radical (unpaired) electrons. The van der Waals surface area contributed by atoms with Crippen molar-refractivity contribution in [1.82, 2.24) is 0 Å². The van der Waals surface area contributed by atoms with Gasteiger partial charge in [0.15, 0.2) is 0 Å². The predicted octanol–water partition coefficient (Wildman–Crippen LogP) is 6.12. The lowest BCUT2D eigenvalue weighted by atomic mass is 10.00. The minimum absolute atomic E-state index is 0.0353. The molecule has 1 aromatic rings. The molecule has 1 heterocycles. The van der Waals surface area contributed by atoms with Crippen LogP contribution in [0.15, 0.2) is 41.0 Å². The van der Waals surface area contributed by atoms with Crippen LogP contribution in [-0.2, 0) is 0 Å². The zero-order valence-corrected chi connectivity index (χ0v) is 11.7. The van der Waals surface area contributed by atoms with Crippen molar-refractivity contribution >= 4 is 16.3 Å². The van der Waals surface area contributed by atoms with Crippen LogP contribution in [-0.4, -0.2) is 17.4 Å². The van der Waals surface area contributed by atoms with Crippen molar-refractivity contribution in [2.24, 2.45) is 0 Å². The first kappa shape index (κ1) is 17.4. The van der Waals surface area contributed by atoms with E-state index in [9.17, 15) is 32.6 Å². The lowest BCUT2D eigenvalue weighted by Gasteiger charge is -2.41. The Bertz CT molecular complexity index is 717. The van der Waals surface area contributed by atoms with E-state index in [0.717, 1.165) is 0 Å². The van der Waals surface area contributed by atoms with E-state index in [1.54, 1.807) is 0 Å². The third kappa shape index (κ3) is 3.54. The number of halogens is 8. The molecular weight excluding hydrogens is 360 g/mol. The van der Waals surface area contributed by atoms with Crippen LogP contribution in [0.5, 0.6) is 5.75 Å². The molecule has 0 amide bonds. The third-order valence-corrected chi connectivity index (χ3v) is 4.04. The van der Waals surface area contributed by atoms with Gasteiger partial charge in [-0.25, -0.2) is 0 Å². The average Bonchev–Trinajstić information content (AvgIpc) is 2.32. The van der Waals surface area contributed by atoms with E-state index in [1.807, 2.05) is 0 Å². The monoisotopic (exact) mass is 368 g/mol. The van der Waals surface area contributed by atoms with Gasteiger partial charge in [-0.3, -0.25) is 0 Å². The summed E-state index contributed by atoms with van der Waals surface area (Å²) in [6.07, 6.45) is -7.18. The fourth-order valence-electron chi connectivity index (χ4n) is 1.90. The minimum atomic E-state index is -10.00. The van der Waals surface area contributed by atoms with Gasteiger partial charge in [-0.1, -0.05) is 26.0 Å². The Morgan fingerprint density at radius 1 is 1.13 bits per heavy atom. The molecule has 1 aliphatic rings. The molecular formula is C12H8F8O2S. The Labute approximate surface area is 124 Å². The molecule has 1 aliphatic heterocycles. The molecule has 2 rings (SSSR count). The van der Waals surface area contributed by atoms with Crippen LogP contribution >= 0.6 is 10.2 Å². The third-order valence-electron chi connectivity index (χ3n) is 2.90. The zero-order chi connectivity index (χ0) is 17.9. The number of aliphatic hydroxyl groups excluding tert-OH is 1. The Morgan fingerprint density at radius 3 is 2.13 bits per heavy atom. The Morgan fingerprint density at radius 2 is 1.70 bits per heavy atom. The number of alkyl halides is 3. The first-order chi connectivity index (χ1) is 9.99. The minimum Gasteiger partial charge on any atom is -0.508 e. The maximum Gasteiger partial charge on any atom is 0.429 e. The zero-order valence-electron chi connectivity index (χ0n) is 10.9. The van der Waals surface area contributed by atoms with E-state index in [0.29, 0.717) is 12.1 Å². The van der Waals surface area contributed by atoms with Gasteiger partial charge in [-0.15, -0.1) is 0 Å². The van der Waals surface area contributed by atoms with Crippen LogP contribution in [0.1, 0.15) is 5.56 Å². The van der Waals surface area contributed by atoms with E-state index >= 15 is 0 Å². The lowest BCUT2D eigenvalue weighted by molar-refractivity contribution is -0.183. The molecule has 2 nitrogen and oxygen atoms in total. The van der Waals surface area contributed by atoms with Gasteiger partial charge < -0.3 is 9.84 Å². The van der Waals surface area contributed by atoms with Gasteiger partial charge in [0.2, 0.25) is 6.10 Å². The van der Waals surface area contributed by atoms with Gasteiger partial charge in [-0.05, 0) is 24.3 Å². The second kappa shape index (κ2) is 4.13. The standard InChI is InChI=1S/C12H8F8O2S/c1-6(21)9-5-7-4-8(23(16,17,18,19)20)2-3-10(7)22-11(9)12(13,14)15/h2-5,11,21H,1H2. The SMILES string of the molecule is C=C(O)C1=Cc2cc(S(F)(F)(F)(F)F)ccc2OC1C(F)(F)F. The van der Waals surface area contributed by atoms with Crippen molar-refractivity contribution in [3.8, 4) is 5.75 Å². The maximum atomic E-state index is 12.8. The van der Waals surface area contributed by atoms with E-state index in [4.69, 9.17) is 5.11 Å². The van der Waals surface area contributed by atoms with E-state index in [-0.39, 0.29) is 12.1 Å². The summed E-state index contributed by atoms with van der Waals surface area (Å²) in [7, 11) is -10.00. The molecule has 0 saturated carbocycles. The molecule has 23 heavy (non-hydrogen) atoms. The molecule has 1 N–H and O–H groups in total. The van der Waals surface area contributed by atoms with Crippen LogP contribution in [0, 0.1) is 0 Å². The number of benzene rings is 1. The molecule has 0 spiro atoms. The van der Waals surface area contributed by atoms with Crippen LogP contribution in [0.4, 0.5) is 32.6 Å². The Kier molecular flexibility index (Phi) is 3.13. The van der Waals surface area contributed by atoms with Gasteiger partial charge in [0, 0.05) is 11.1 Å². The maximum absolute atomic E-state index is 12.8. The number of ether oxygens (including phenoxy) is 1. The lowest BCUT2D eigenvalue weighted by Crippen LogP contribution is -2.38. The predicted molar refractivity (Wildman–Crippen MR) is 68.1 cm³/mol. The number of hydrogen-bond donors (Lipinski definition) is 1. The summed E-state index contributed by atoms with van der Waals surface area (Å²) in [5.41, 5.74) is -1.65. The quantitative estimate of drug-likeness (QED) is 0.503. The molecule has 0 bridgehead atoms. The largest absolute Gasteiger partial charge is 0.508 e. The molecule has 1 aromatic carbocycles. The molecule has 11 heteroatoms. The molecule has 0 saturated heterocycles. The number of fused-ring (bicyclic) bond motifs is 1. The first-order valence-electron chi connectivity index (χ1n) is 5.70. The van der Waals surface area contributed by atoms with Gasteiger partial charge in [0.05, 0.1) is 0 Å². The summed E-state index contributed by atoms with van der Waals surface area (Å²) in [6, 6.07) is 0.279. The van der Waals surface area contributed by atoms with Gasteiger partial charge in [-0.2, -0.15) is 13.2 Å². The number of aliphatic hydroxyl groups is 1. The van der Waals surface area contributed by atoms with E-state index in [2.05, 4.69) is 11.3 Å². The van der Waals surface area contributed by atoms with E-state index < -0.39 is 50.0 Å². The normalized spacial score (nSPS) is 21.4. The highest BCUT2D eigenvalue weighted by Crippen LogP contribution is 3.02. The highest BCUT2D eigenvalue weighted by Gasteiger charge is 2.65. The van der Waals surface area contributed by atoms with Crippen LogP contribution < -0.4 is 4.74 Å².